The third-order valence-electron chi connectivity index (χ3n) is 1.52. The lowest BCUT2D eigenvalue weighted by Crippen LogP contribution is -1.98. The minimum atomic E-state index is 0.516. The van der Waals surface area contributed by atoms with Crippen molar-refractivity contribution in [1.82, 2.24) is 0 Å². The molecule has 2 nitrogen and oxygen atoms in total. The highest BCUT2D eigenvalue weighted by Gasteiger charge is 2.15. The Morgan fingerprint density at radius 2 is 2.38 bits per heavy atom. The Kier molecular flexibility index (Phi) is 1.16. The van der Waals surface area contributed by atoms with Gasteiger partial charge in [-0.05, 0) is 6.92 Å². The van der Waals surface area contributed by atoms with Crippen molar-refractivity contribution in [2.24, 2.45) is 10.9 Å². The first-order chi connectivity index (χ1) is 3.70. The number of rotatable bonds is 0. The van der Waals surface area contributed by atoms with Crippen LogP contribution >= 0.6 is 0 Å². The number of amidine groups is 1. The molecule has 0 saturated carbocycles. The van der Waals surface area contributed by atoms with E-state index in [4.69, 9.17) is 5.41 Å². The summed E-state index contributed by atoms with van der Waals surface area (Å²) < 4.78 is 0. The second kappa shape index (κ2) is 1.69. The molecule has 0 radical (unpaired) electrons. The summed E-state index contributed by atoms with van der Waals surface area (Å²) in [6.45, 7) is 4.08. The average Bonchev–Trinajstić information content (AvgIpc) is 1.85. The largest absolute Gasteiger partial charge is 0.287 e. The van der Waals surface area contributed by atoms with Gasteiger partial charge in [-0.1, -0.05) is 6.92 Å². The summed E-state index contributed by atoms with van der Waals surface area (Å²) in [5.41, 5.74) is 1.11. The van der Waals surface area contributed by atoms with Crippen LogP contribution in [0.1, 0.15) is 20.3 Å². The summed E-state index contributed by atoms with van der Waals surface area (Å²) >= 11 is 0. The van der Waals surface area contributed by atoms with Crippen molar-refractivity contribution in [2.75, 3.05) is 0 Å². The van der Waals surface area contributed by atoms with E-state index in [2.05, 4.69) is 11.9 Å². The van der Waals surface area contributed by atoms with Gasteiger partial charge >= 0.3 is 0 Å². The van der Waals surface area contributed by atoms with Gasteiger partial charge in [-0.25, -0.2) is 4.99 Å². The van der Waals surface area contributed by atoms with Crippen LogP contribution in [0, 0.1) is 11.3 Å². The molecule has 0 spiro atoms. The molecule has 0 aromatic heterocycles. The molecule has 44 valence electrons. The lowest BCUT2D eigenvalue weighted by Gasteiger charge is -1.95. The number of hydrogen-bond donors (Lipinski definition) is 1. The molecule has 1 atom stereocenters. The maximum absolute atomic E-state index is 7.12. The monoisotopic (exact) mass is 110 g/mol. The van der Waals surface area contributed by atoms with Crippen LogP contribution in [0.5, 0.6) is 0 Å². The maximum Gasteiger partial charge on any atom is 0.120 e. The zero-order valence-corrected chi connectivity index (χ0v) is 5.23. The molecule has 0 aromatic rings. The van der Waals surface area contributed by atoms with Gasteiger partial charge in [0.05, 0.1) is 0 Å². The smallest absolute Gasteiger partial charge is 0.120 e. The van der Waals surface area contributed by atoms with Crippen molar-refractivity contribution in [2.45, 2.75) is 20.3 Å². The van der Waals surface area contributed by atoms with Crippen molar-refractivity contribution < 1.29 is 0 Å². The Morgan fingerprint density at radius 1 is 1.75 bits per heavy atom. The van der Waals surface area contributed by atoms with E-state index < -0.39 is 0 Å². The molecule has 0 aromatic carbocycles. The Hall–Kier alpha value is -0.660. The fourth-order valence-electron chi connectivity index (χ4n) is 0.806. The molecule has 1 aliphatic rings. The molecule has 1 N–H and O–H groups in total. The molecular weight excluding hydrogens is 100 g/mol. The fourth-order valence-corrected chi connectivity index (χ4v) is 0.806. The van der Waals surface area contributed by atoms with Gasteiger partial charge < -0.3 is 0 Å². The molecule has 1 rings (SSSR count). The van der Waals surface area contributed by atoms with Gasteiger partial charge in [-0.2, -0.15) is 0 Å². The molecule has 0 unspecified atom stereocenters. The second-order valence-electron chi connectivity index (χ2n) is 2.31. The van der Waals surface area contributed by atoms with Crippen LogP contribution in [-0.2, 0) is 0 Å². The molecule has 2 heteroatoms. The lowest BCUT2D eigenvalue weighted by atomic mass is 10.1. The molecular formula is C6H10N2. The lowest BCUT2D eigenvalue weighted by molar-refractivity contribution is 0.836. The molecule has 0 saturated heterocycles. The Morgan fingerprint density at radius 3 is 2.50 bits per heavy atom. The number of nitrogens with one attached hydrogen (secondary N) is 1. The van der Waals surface area contributed by atoms with Crippen molar-refractivity contribution in [3.63, 3.8) is 0 Å². The molecule has 1 heterocycles. The quantitative estimate of drug-likeness (QED) is 0.490. The van der Waals surface area contributed by atoms with Gasteiger partial charge in [0.2, 0.25) is 0 Å². The van der Waals surface area contributed by atoms with Gasteiger partial charge in [0, 0.05) is 18.1 Å². The van der Waals surface area contributed by atoms with E-state index in [0.29, 0.717) is 11.8 Å². The first kappa shape index (κ1) is 5.48. The van der Waals surface area contributed by atoms with Crippen molar-refractivity contribution in [1.29, 1.82) is 5.41 Å². The highest BCUT2D eigenvalue weighted by Crippen LogP contribution is 2.13. The molecule has 8 heavy (non-hydrogen) atoms. The van der Waals surface area contributed by atoms with Crippen molar-refractivity contribution in [3.8, 4) is 0 Å². The minimum absolute atomic E-state index is 0.516. The minimum Gasteiger partial charge on any atom is -0.287 e. The van der Waals surface area contributed by atoms with Crippen LogP contribution in [0.2, 0.25) is 0 Å². The van der Waals surface area contributed by atoms with Crippen LogP contribution in [0.15, 0.2) is 4.99 Å². The first-order valence-corrected chi connectivity index (χ1v) is 2.83. The third kappa shape index (κ3) is 0.782. The number of nitrogens with zero attached hydrogens (tertiary/aromatic N) is 1. The van der Waals surface area contributed by atoms with Gasteiger partial charge in [0.25, 0.3) is 0 Å². The average molecular weight is 110 g/mol. The zero-order valence-electron chi connectivity index (χ0n) is 5.23. The Bertz CT molecular complexity index is 147. The molecule has 0 aliphatic carbocycles. The van der Waals surface area contributed by atoms with E-state index in [-0.39, 0.29) is 0 Å². The van der Waals surface area contributed by atoms with Crippen molar-refractivity contribution >= 4 is 11.5 Å². The fraction of sp³-hybridized carbons (Fsp3) is 0.667. The van der Waals surface area contributed by atoms with E-state index in [1.165, 1.54) is 0 Å². The topological polar surface area (TPSA) is 36.2 Å². The van der Waals surface area contributed by atoms with Gasteiger partial charge in [0.1, 0.15) is 5.84 Å². The number of hydrogen-bond acceptors (Lipinski definition) is 1. The van der Waals surface area contributed by atoms with Crippen LogP contribution in [0.4, 0.5) is 0 Å². The summed E-state index contributed by atoms with van der Waals surface area (Å²) in [5.74, 6) is 1.05. The summed E-state index contributed by atoms with van der Waals surface area (Å²) in [7, 11) is 0. The highest BCUT2D eigenvalue weighted by atomic mass is 14.9. The summed E-state index contributed by atoms with van der Waals surface area (Å²) in [6.07, 6.45) is 0.839. The van der Waals surface area contributed by atoms with E-state index in [0.717, 1.165) is 12.1 Å². The van der Waals surface area contributed by atoms with Crippen LogP contribution in [0.3, 0.4) is 0 Å². The Labute approximate surface area is 49.1 Å². The molecule has 0 fully saturated rings. The molecule has 1 aliphatic heterocycles. The Balaban J connectivity index is 2.73. The maximum atomic E-state index is 7.12. The van der Waals surface area contributed by atoms with Crippen LogP contribution in [-0.4, -0.2) is 11.5 Å². The molecule has 0 amide bonds. The van der Waals surface area contributed by atoms with Crippen LogP contribution < -0.4 is 0 Å². The summed E-state index contributed by atoms with van der Waals surface area (Å²) in [5, 5.41) is 7.12. The third-order valence-corrected chi connectivity index (χ3v) is 1.52. The summed E-state index contributed by atoms with van der Waals surface area (Å²) in [6, 6.07) is 0. The summed E-state index contributed by atoms with van der Waals surface area (Å²) in [4.78, 5) is 3.97. The first-order valence-electron chi connectivity index (χ1n) is 2.83. The second-order valence-corrected chi connectivity index (χ2v) is 2.31. The van der Waals surface area contributed by atoms with Gasteiger partial charge in [-0.3, -0.25) is 5.41 Å². The SMILES string of the molecule is CC1=NC(=N)C[C@H]1C. The van der Waals surface area contributed by atoms with E-state index in [1.54, 1.807) is 0 Å². The molecule has 0 bridgehead atoms. The van der Waals surface area contributed by atoms with E-state index in [9.17, 15) is 0 Å². The highest BCUT2D eigenvalue weighted by molar-refractivity contribution is 6.03. The normalized spacial score (nSPS) is 28.5. The number of aliphatic imine (C=N–C) groups is 1. The zero-order chi connectivity index (χ0) is 6.15. The van der Waals surface area contributed by atoms with Gasteiger partial charge in [0.15, 0.2) is 0 Å². The van der Waals surface area contributed by atoms with E-state index in [1.807, 2.05) is 6.92 Å². The van der Waals surface area contributed by atoms with E-state index >= 15 is 0 Å². The van der Waals surface area contributed by atoms with Crippen molar-refractivity contribution in [3.05, 3.63) is 0 Å². The van der Waals surface area contributed by atoms with Gasteiger partial charge in [-0.15, -0.1) is 0 Å². The predicted molar refractivity (Wildman–Crippen MR) is 34.6 cm³/mol. The van der Waals surface area contributed by atoms with Crippen LogP contribution in [0.25, 0.3) is 0 Å². The predicted octanol–water partition coefficient (Wildman–Crippen LogP) is 1.46. The standard InChI is InChI=1S/C6H10N2/c1-4-3-6(7)8-5(4)2/h4,7H,3H2,1-2H3/t4-/m1/s1.